The molecular weight excluding hydrogens is 164 g/mol. The molecule has 0 saturated heterocycles. The van der Waals surface area contributed by atoms with Crippen molar-refractivity contribution in [3.05, 3.63) is 9.06 Å². The van der Waals surface area contributed by atoms with Crippen molar-refractivity contribution in [2.45, 2.75) is 0 Å². The van der Waals surface area contributed by atoms with Crippen LogP contribution in [0.2, 0.25) is 0 Å². The summed E-state index contributed by atoms with van der Waals surface area (Å²) in [4.78, 5) is 0. The van der Waals surface area contributed by atoms with Crippen LogP contribution in [0, 0.1) is 0 Å². The van der Waals surface area contributed by atoms with Crippen LogP contribution in [-0.2, 0) is 0 Å². The molecule has 0 aromatic carbocycles. The third-order valence-electron chi connectivity index (χ3n) is 1.26. The van der Waals surface area contributed by atoms with Gasteiger partial charge in [-0.05, 0) is 0 Å². The summed E-state index contributed by atoms with van der Waals surface area (Å²) >= 11 is 2.76. The van der Waals surface area contributed by atoms with Gasteiger partial charge >= 0.3 is 0 Å². The van der Waals surface area contributed by atoms with Crippen molar-refractivity contribution in [2.75, 3.05) is 0 Å². The standard InChI is InChI=1S/C6H4N2S2/c1-3-5-6(4(2)9-3)8-10-7-5/h1-2H2. The fraction of sp³-hybridized carbons (Fsp3) is 0. The molecular formula is C6H4N2S2. The minimum absolute atomic E-state index is 0.917. The van der Waals surface area contributed by atoms with Crippen LogP contribution < -0.4 is 9.06 Å². The second-order valence-corrected chi connectivity index (χ2v) is 3.63. The lowest BCUT2D eigenvalue weighted by atomic mass is 10.5. The molecule has 0 bridgehead atoms. The Balaban J connectivity index is 3.28. The second-order valence-electron chi connectivity index (χ2n) is 1.91. The molecule has 10 heavy (non-hydrogen) atoms. The molecule has 0 spiro atoms. The van der Waals surface area contributed by atoms with E-state index >= 15 is 0 Å². The average Bonchev–Trinajstić information content (AvgIpc) is 2.39. The van der Waals surface area contributed by atoms with Crippen LogP contribution >= 0.6 is 23.1 Å². The number of rotatable bonds is 0. The van der Waals surface area contributed by atoms with E-state index in [-0.39, 0.29) is 0 Å². The number of hydrogen-bond donors (Lipinski definition) is 0. The highest BCUT2D eigenvalue weighted by Crippen LogP contribution is 2.02. The Morgan fingerprint density at radius 2 is 1.50 bits per heavy atom. The van der Waals surface area contributed by atoms with E-state index in [0.29, 0.717) is 0 Å². The smallest absolute Gasteiger partial charge is 0.122 e. The van der Waals surface area contributed by atoms with Gasteiger partial charge in [-0.25, -0.2) is 0 Å². The lowest BCUT2D eigenvalue weighted by molar-refractivity contribution is 1.69. The van der Waals surface area contributed by atoms with Gasteiger partial charge in [0.25, 0.3) is 0 Å². The first-order valence-electron chi connectivity index (χ1n) is 2.68. The van der Waals surface area contributed by atoms with Crippen molar-refractivity contribution in [2.24, 2.45) is 0 Å². The number of nitrogens with zero attached hydrogens (tertiary/aromatic N) is 2. The van der Waals surface area contributed by atoms with Crippen LogP contribution in [0.25, 0.3) is 24.2 Å². The maximum Gasteiger partial charge on any atom is 0.122 e. The Kier molecular flexibility index (Phi) is 1.12. The van der Waals surface area contributed by atoms with Gasteiger partial charge < -0.3 is 0 Å². The van der Waals surface area contributed by atoms with Crippen molar-refractivity contribution in [3.8, 4) is 0 Å². The number of aromatic nitrogens is 2. The SMILES string of the molecule is C=c1sc(=C)c2nsnc12. The molecule has 0 N–H and O–H groups in total. The van der Waals surface area contributed by atoms with Gasteiger partial charge in [0.2, 0.25) is 0 Å². The Morgan fingerprint density at radius 1 is 1.00 bits per heavy atom. The van der Waals surface area contributed by atoms with Crippen molar-refractivity contribution in [1.29, 1.82) is 0 Å². The van der Waals surface area contributed by atoms with Crippen molar-refractivity contribution < 1.29 is 0 Å². The van der Waals surface area contributed by atoms with E-state index in [9.17, 15) is 0 Å². The van der Waals surface area contributed by atoms with Gasteiger partial charge in [0.05, 0.1) is 11.7 Å². The number of fused-ring (bicyclic) bond motifs is 1. The minimum Gasteiger partial charge on any atom is -0.171 e. The van der Waals surface area contributed by atoms with E-state index in [0.717, 1.165) is 20.1 Å². The largest absolute Gasteiger partial charge is 0.171 e. The molecule has 0 saturated carbocycles. The lowest BCUT2D eigenvalue weighted by Crippen LogP contribution is -1.87. The Bertz CT molecular complexity index is 414. The van der Waals surface area contributed by atoms with Crippen LogP contribution in [-0.4, -0.2) is 8.75 Å². The molecule has 0 atom stereocenters. The summed E-state index contributed by atoms with van der Waals surface area (Å²) in [7, 11) is 0. The van der Waals surface area contributed by atoms with Crippen LogP contribution in [0.15, 0.2) is 0 Å². The van der Waals surface area contributed by atoms with Gasteiger partial charge in [-0.3, -0.25) is 0 Å². The summed E-state index contributed by atoms with van der Waals surface area (Å²) in [5.41, 5.74) is 1.83. The zero-order valence-electron chi connectivity index (χ0n) is 5.13. The molecule has 0 unspecified atom stereocenters. The molecule has 0 aliphatic rings. The number of hydrogen-bond acceptors (Lipinski definition) is 4. The van der Waals surface area contributed by atoms with Gasteiger partial charge in [-0.2, -0.15) is 8.75 Å². The topological polar surface area (TPSA) is 25.8 Å². The molecule has 0 aliphatic heterocycles. The first kappa shape index (κ1) is 6.00. The molecule has 2 heterocycles. The summed E-state index contributed by atoms with van der Waals surface area (Å²) in [5.74, 6) is 0. The molecule has 0 radical (unpaired) electrons. The highest BCUT2D eigenvalue weighted by Gasteiger charge is 2.01. The van der Waals surface area contributed by atoms with Crippen LogP contribution in [0.5, 0.6) is 0 Å². The Labute approximate surface area is 65.5 Å². The predicted molar refractivity (Wildman–Crippen MR) is 45.6 cm³/mol. The van der Waals surface area contributed by atoms with Crippen LogP contribution in [0.3, 0.4) is 0 Å². The molecule has 2 aromatic heterocycles. The zero-order chi connectivity index (χ0) is 7.14. The summed E-state index contributed by atoms with van der Waals surface area (Å²) in [5, 5.41) is 0. The molecule has 50 valence electrons. The van der Waals surface area contributed by atoms with Gasteiger partial charge in [0.15, 0.2) is 0 Å². The zero-order valence-corrected chi connectivity index (χ0v) is 6.76. The average molecular weight is 168 g/mol. The molecule has 2 aromatic rings. The van der Waals surface area contributed by atoms with Crippen LogP contribution in [0.1, 0.15) is 0 Å². The lowest BCUT2D eigenvalue weighted by Gasteiger charge is -1.64. The monoisotopic (exact) mass is 168 g/mol. The van der Waals surface area contributed by atoms with E-state index < -0.39 is 0 Å². The van der Waals surface area contributed by atoms with Gasteiger partial charge in [0.1, 0.15) is 11.0 Å². The summed E-state index contributed by atoms with van der Waals surface area (Å²) in [6.45, 7) is 7.65. The molecule has 2 rings (SSSR count). The Hall–Kier alpha value is -0.740. The predicted octanol–water partition coefficient (Wildman–Crippen LogP) is 0.573. The van der Waals surface area contributed by atoms with Gasteiger partial charge in [-0.1, -0.05) is 13.2 Å². The van der Waals surface area contributed by atoms with E-state index in [1.807, 2.05) is 0 Å². The summed E-state index contributed by atoms with van der Waals surface area (Å²) < 4.78 is 10.1. The van der Waals surface area contributed by atoms with E-state index in [1.165, 1.54) is 11.7 Å². The first-order chi connectivity index (χ1) is 4.79. The first-order valence-corrected chi connectivity index (χ1v) is 4.22. The minimum atomic E-state index is 0.917. The highest BCUT2D eigenvalue weighted by molar-refractivity contribution is 7.09. The second kappa shape index (κ2) is 1.87. The number of thiophene rings is 1. The summed E-state index contributed by atoms with van der Waals surface area (Å²) in [6.07, 6.45) is 0. The Morgan fingerprint density at radius 3 is 2.00 bits per heavy atom. The molecule has 0 amide bonds. The quantitative estimate of drug-likeness (QED) is 0.575. The summed E-state index contributed by atoms with van der Waals surface area (Å²) in [6, 6.07) is 0. The van der Waals surface area contributed by atoms with E-state index in [2.05, 4.69) is 21.9 Å². The fourth-order valence-corrected chi connectivity index (χ4v) is 2.29. The molecule has 4 heteroatoms. The normalized spacial score (nSPS) is 10.8. The highest BCUT2D eigenvalue weighted by atomic mass is 32.1. The molecule has 0 aliphatic carbocycles. The maximum atomic E-state index is 4.08. The van der Waals surface area contributed by atoms with E-state index in [1.54, 1.807) is 11.3 Å². The maximum absolute atomic E-state index is 4.08. The fourth-order valence-electron chi connectivity index (χ4n) is 0.800. The third kappa shape index (κ3) is 0.629. The van der Waals surface area contributed by atoms with Crippen molar-refractivity contribution >= 4 is 47.3 Å². The van der Waals surface area contributed by atoms with Crippen molar-refractivity contribution in [3.63, 3.8) is 0 Å². The van der Waals surface area contributed by atoms with Gasteiger partial charge in [0, 0.05) is 9.06 Å². The van der Waals surface area contributed by atoms with Crippen molar-refractivity contribution in [1.82, 2.24) is 8.75 Å². The van der Waals surface area contributed by atoms with E-state index in [4.69, 9.17) is 0 Å². The molecule has 2 nitrogen and oxygen atoms in total. The third-order valence-corrected chi connectivity index (χ3v) is 2.67. The van der Waals surface area contributed by atoms with Gasteiger partial charge in [-0.15, -0.1) is 11.3 Å². The molecule has 0 fully saturated rings. The van der Waals surface area contributed by atoms with Crippen LogP contribution in [0.4, 0.5) is 0 Å².